The van der Waals surface area contributed by atoms with Gasteiger partial charge in [0, 0.05) is 24.7 Å². The summed E-state index contributed by atoms with van der Waals surface area (Å²) in [5.41, 5.74) is 1.75. The highest BCUT2D eigenvalue weighted by Gasteiger charge is 2.36. The summed E-state index contributed by atoms with van der Waals surface area (Å²) in [6, 6.07) is 10.5. The average molecular weight is 740 g/mol. The van der Waals surface area contributed by atoms with Crippen LogP contribution in [0, 0.1) is 5.82 Å². The number of halogens is 1. The number of imide groups is 1. The SMILES string of the molecule is O=C(C=COCCOCCOCCNC(=O)COc1c(F)ccc2sc(N3C4CCCC3COC4)nc12)Nc1ccc(C2CCC(=O)NC2=O)cc1. The van der Waals surface area contributed by atoms with Gasteiger partial charge >= 0.3 is 0 Å². The lowest BCUT2D eigenvalue weighted by molar-refractivity contribution is -0.134. The van der Waals surface area contributed by atoms with Crippen LogP contribution in [0.3, 0.4) is 0 Å². The van der Waals surface area contributed by atoms with Crippen molar-refractivity contribution in [2.45, 2.75) is 50.1 Å². The minimum absolute atomic E-state index is 0.0274. The number of nitrogens with one attached hydrogen (secondary N) is 3. The maximum Gasteiger partial charge on any atom is 0.258 e. The summed E-state index contributed by atoms with van der Waals surface area (Å²) in [6.07, 6.45) is 6.51. The lowest BCUT2D eigenvalue weighted by Gasteiger charge is -2.45. The number of rotatable bonds is 17. The Balaban J connectivity index is 0.797. The summed E-state index contributed by atoms with van der Waals surface area (Å²) < 4.78 is 43.2. The van der Waals surface area contributed by atoms with Crippen LogP contribution in [0.2, 0.25) is 0 Å². The molecule has 6 rings (SSSR count). The first-order valence-electron chi connectivity index (χ1n) is 17.4. The third kappa shape index (κ3) is 9.82. The van der Waals surface area contributed by atoms with Crippen LogP contribution in [0.1, 0.15) is 43.6 Å². The minimum atomic E-state index is -0.567. The zero-order valence-electron chi connectivity index (χ0n) is 28.6. The molecule has 3 atom stereocenters. The molecule has 0 radical (unpaired) electrons. The molecule has 2 bridgehead atoms. The van der Waals surface area contributed by atoms with Crippen molar-refractivity contribution in [1.29, 1.82) is 0 Å². The van der Waals surface area contributed by atoms with Gasteiger partial charge < -0.3 is 39.2 Å². The van der Waals surface area contributed by atoms with E-state index in [1.54, 1.807) is 30.3 Å². The van der Waals surface area contributed by atoms with Crippen LogP contribution in [0.25, 0.3) is 10.2 Å². The Bertz CT molecular complexity index is 1730. The first kappa shape index (κ1) is 37.1. The summed E-state index contributed by atoms with van der Waals surface area (Å²) in [5.74, 6) is -2.34. The first-order valence-corrected chi connectivity index (χ1v) is 18.2. The largest absolute Gasteiger partial charge is 0.499 e. The van der Waals surface area contributed by atoms with Gasteiger partial charge in [-0.1, -0.05) is 23.5 Å². The fourth-order valence-electron chi connectivity index (χ4n) is 6.38. The molecule has 3 N–H and O–H groups in total. The zero-order valence-corrected chi connectivity index (χ0v) is 29.4. The highest BCUT2D eigenvalue weighted by atomic mass is 32.1. The number of nitrogens with zero attached hydrogens (tertiary/aromatic N) is 2. The summed E-state index contributed by atoms with van der Waals surface area (Å²) in [6.45, 7) is 2.59. The van der Waals surface area contributed by atoms with E-state index in [1.807, 2.05) is 0 Å². The molecule has 4 amide bonds. The molecule has 3 aromatic rings. The molecule has 3 saturated heterocycles. The molecular formula is C36H42FN5O9S. The fraction of sp³-hybridized carbons (Fsp3) is 0.472. The number of morpholine rings is 1. The maximum atomic E-state index is 14.8. The lowest BCUT2D eigenvalue weighted by atomic mass is 9.90. The molecule has 4 heterocycles. The third-order valence-corrected chi connectivity index (χ3v) is 9.96. The number of hydrogen-bond acceptors (Lipinski definition) is 12. The Kier molecular flexibility index (Phi) is 13.0. The van der Waals surface area contributed by atoms with Gasteiger partial charge in [0.1, 0.15) is 12.1 Å². The highest BCUT2D eigenvalue weighted by Crippen LogP contribution is 2.40. The molecule has 3 fully saturated rings. The van der Waals surface area contributed by atoms with Gasteiger partial charge in [-0.3, -0.25) is 24.5 Å². The monoisotopic (exact) mass is 739 g/mol. The van der Waals surface area contributed by atoms with Gasteiger partial charge in [-0.15, -0.1) is 0 Å². The molecule has 14 nitrogen and oxygen atoms in total. The van der Waals surface area contributed by atoms with E-state index < -0.39 is 11.7 Å². The van der Waals surface area contributed by atoms with Crippen molar-refractivity contribution < 1.29 is 47.3 Å². The third-order valence-electron chi connectivity index (χ3n) is 8.93. The molecule has 0 spiro atoms. The molecule has 278 valence electrons. The van der Waals surface area contributed by atoms with Crippen molar-refractivity contribution in [3.05, 3.63) is 60.1 Å². The minimum Gasteiger partial charge on any atom is -0.499 e. The van der Waals surface area contributed by atoms with Gasteiger partial charge in [0.15, 0.2) is 23.3 Å². The Hall–Kier alpha value is -4.64. The highest BCUT2D eigenvalue weighted by molar-refractivity contribution is 7.22. The maximum absolute atomic E-state index is 14.8. The number of carbonyl (C=O) groups is 4. The van der Waals surface area contributed by atoms with E-state index >= 15 is 0 Å². The van der Waals surface area contributed by atoms with Crippen molar-refractivity contribution in [2.24, 2.45) is 0 Å². The van der Waals surface area contributed by atoms with E-state index in [-0.39, 0.29) is 74.4 Å². The molecule has 3 aliphatic heterocycles. The van der Waals surface area contributed by atoms with Crippen molar-refractivity contribution in [3.8, 4) is 5.75 Å². The van der Waals surface area contributed by atoms with Crippen LogP contribution in [-0.4, -0.2) is 100 Å². The molecule has 16 heteroatoms. The average Bonchev–Trinajstić information content (AvgIpc) is 3.56. The van der Waals surface area contributed by atoms with Crippen LogP contribution in [-0.2, 0) is 38.1 Å². The molecule has 3 aliphatic rings. The van der Waals surface area contributed by atoms with Gasteiger partial charge in [0.2, 0.25) is 11.8 Å². The molecule has 3 unspecified atom stereocenters. The van der Waals surface area contributed by atoms with Gasteiger partial charge in [0.05, 0.1) is 68.6 Å². The molecule has 2 aromatic carbocycles. The van der Waals surface area contributed by atoms with Crippen molar-refractivity contribution in [2.75, 3.05) is 69.6 Å². The standard InChI is InChI=1S/C36H42FN5O9S/c37-28-9-10-29-33(41-36(52-29)42-25-2-1-3-26(42)21-50-20-25)34(28)51-22-32(45)38-13-15-48-17-19-49-18-16-47-14-12-31(44)39-24-6-4-23(5-7-24)27-8-11-30(43)40-35(27)46/h4-7,9-10,12,14,25-27H,1-3,8,11,13,15-22H2,(H,38,45)(H,39,44)(H,40,43,46). The number of aromatic nitrogens is 1. The van der Waals surface area contributed by atoms with E-state index in [0.717, 1.165) is 34.7 Å². The van der Waals surface area contributed by atoms with Gasteiger partial charge in [-0.25, -0.2) is 9.37 Å². The van der Waals surface area contributed by atoms with Gasteiger partial charge in [0.25, 0.3) is 11.8 Å². The van der Waals surface area contributed by atoms with Crippen molar-refractivity contribution in [3.63, 3.8) is 0 Å². The van der Waals surface area contributed by atoms with Crippen molar-refractivity contribution >= 4 is 56.0 Å². The number of piperidine rings is 2. The molecule has 0 saturated carbocycles. The Morgan fingerprint density at radius 3 is 2.52 bits per heavy atom. The summed E-state index contributed by atoms with van der Waals surface area (Å²) in [7, 11) is 0. The predicted octanol–water partition coefficient (Wildman–Crippen LogP) is 3.41. The Morgan fingerprint density at radius 2 is 1.75 bits per heavy atom. The summed E-state index contributed by atoms with van der Waals surface area (Å²) in [5, 5.41) is 8.57. The van der Waals surface area contributed by atoms with E-state index in [1.165, 1.54) is 29.7 Å². The predicted molar refractivity (Wildman–Crippen MR) is 190 cm³/mol. The van der Waals surface area contributed by atoms with Crippen LogP contribution in [0.4, 0.5) is 15.2 Å². The fourth-order valence-corrected chi connectivity index (χ4v) is 7.49. The van der Waals surface area contributed by atoms with E-state index in [4.69, 9.17) is 28.7 Å². The van der Waals surface area contributed by atoms with E-state index in [0.29, 0.717) is 50.5 Å². The first-order chi connectivity index (χ1) is 25.4. The van der Waals surface area contributed by atoms with Gasteiger partial charge in [-0.2, -0.15) is 0 Å². The Morgan fingerprint density at radius 1 is 1.00 bits per heavy atom. The number of fused-ring (bicyclic) bond motifs is 3. The second kappa shape index (κ2) is 18.2. The number of amides is 4. The summed E-state index contributed by atoms with van der Waals surface area (Å²) >= 11 is 1.50. The lowest BCUT2D eigenvalue weighted by Crippen LogP contribution is -2.55. The van der Waals surface area contributed by atoms with Crippen LogP contribution >= 0.6 is 11.3 Å². The molecule has 52 heavy (non-hydrogen) atoms. The second-order valence-electron chi connectivity index (χ2n) is 12.6. The van der Waals surface area contributed by atoms with Crippen LogP contribution in [0.15, 0.2) is 48.7 Å². The summed E-state index contributed by atoms with van der Waals surface area (Å²) in [4.78, 5) is 55.0. The topological polar surface area (TPSA) is 167 Å². The van der Waals surface area contributed by atoms with E-state index in [2.05, 4.69) is 20.9 Å². The van der Waals surface area contributed by atoms with Gasteiger partial charge in [-0.05, 0) is 55.5 Å². The smallest absolute Gasteiger partial charge is 0.258 e. The molecule has 0 aliphatic carbocycles. The van der Waals surface area contributed by atoms with Crippen LogP contribution < -0.4 is 25.6 Å². The van der Waals surface area contributed by atoms with Crippen molar-refractivity contribution in [1.82, 2.24) is 15.6 Å². The number of hydrogen-bond donors (Lipinski definition) is 3. The molecule has 1 aromatic heterocycles. The number of carbonyl (C=O) groups excluding carboxylic acids is 4. The number of thiazole rings is 1. The Labute approximate surface area is 304 Å². The zero-order chi connectivity index (χ0) is 36.3. The second-order valence-corrected chi connectivity index (χ2v) is 13.6. The number of ether oxygens (including phenoxy) is 5. The number of benzene rings is 2. The van der Waals surface area contributed by atoms with Crippen LogP contribution in [0.5, 0.6) is 5.75 Å². The normalized spacial score (nSPS) is 20.2. The number of anilines is 2. The quantitative estimate of drug-likeness (QED) is 0.0804. The van der Waals surface area contributed by atoms with E-state index in [9.17, 15) is 23.6 Å². The molecular weight excluding hydrogens is 697 g/mol.